The SMILES string of the molecule is NCc1cnc(N(Cc2cccs2)C2CC2)nc1. The van der Waals surface area contributed by atoms with Crippen molar-refractivity contribution >= 4 is 17.3 Å². The Kier molecular flexibility index (Phi) is 3.25. The van der Waals surface area contributed by atoms with E-state index in [1.165, 1.54) is 17.7 Å². The molecule has 0 saturated heterocycles. The minimum atomic E-state index is 0.495. The zero-order chi connectivity index (χ0) is 12.4. The third-order valence-corrected chi connectivity index (χ3v) is 3.94. The number of hydrogen-bond acceptors (Lipinski definition) is 5. The van der Waals surface area contributed by atoms with Gasteiger partial charge in [-0.2, -0.15) is 0 Å². The molecule has 0 bridgehead atoms. The molecule has 2 aromatic rings. The maximum absolute atomic E-state index is 5.57. The van der Waals surface area contributed by atoms with Crippen LogP contribution in [0.2, 0.25) is 0 Å². The highest BCUT2D eigenvalue weighted by Gasteiger charge is 2.30. The van der Waals surface area contributed by atoms with E-state index in [4.69, 9.17) is 5.73 Å². The maximum atomic E-state index is 5.57. The molecular weight excluding hydrogens is 244 g/mol. The molecule has 0 radical (unpaired) electrons. The van der Waals surface area contributed by atoms with Crippen LogP contribution < -0.4 is 10.6 Å². The summed E-state index contributed by atoms with van der Waals surface area (Å²) < 4.78 is 0. The number of anilines is 1. The summed E-state index contributed by atoms with van der Waals surface area (Å²) in [6.07, 6.45) is 6.14. The largest absolute Gasteiger partial charge is 0.333 e. The van der Waals surface area contributed by atoms with Gasteiger partial charge in [0, 0.05) is 35.4 Å². The smallest absolute Gasteiger partial charge is 0.225 e. The van der Waals surface area contributed by atoms with Crippen LogP contribution >= 0.6 is 11.3 Å². The Bertz CT molecular complexity index is 490. The van der Waals surface area contributed by atoms with Gasteiger partial charge < -0.3 is 10.6 Å². The van der Waals surface area contributed by atoms with Crippen molar-refractivity contribution in [1.29, 1.82) is 0 Å². The number of aromatic nitrogens is 2. The molecule has 1 saturated carbocycles. The summed E-state index contributed by atoms with van der Waals surface area (Å²) >= 11 is 1.78. The standard InChI is InChI=1S/C13H16N4S/c14-6-10-7-15-13(16-8-10)17(11-3-4-11)9-12-2-1-5-18-12/h1-2,5,7-8,11H,3-4,6,9,14H2. The summed E-state index contributed by atoms with van der Waals surface area (Å²) in [4.78, 5) is 12.5. The van der Waals surface area contributed by atoms with Crippen molar-refractivity contribution in [2.75, 3.05) is 4.90 Å². The van der Waals surface area contributed by atoms with Gasteiger partial charge in [0.05, 0.1) is 6.54 Å². The molecule has 1 aliphatic rings. The van der Waals surface area contributed by atoms with Crippen molar-refractivity contribution in [3.8, 4) is 0 Å². The van der Waals surface area contributed by atoms with E-state index in [-0.39, 0.29) is 0 Å². The predicted molar refractivity (Wildman–Crippen MR) is 73.4 cm³/mol. The van der Waals surface area contributed by atoms with Gasteiger partial charge in [0.1, 0.15) is 0 Å². The molecule has 18 heavy (non-hydrogen) atoms. The quantitative estimate of drug-likeness (QED) is 0.895. The number of rotatable bonds is 5. The topological polar surface area (TPSA) is 55.0 Å². The maximum Gasteiger partial charge on any atom is 0.225 e. The van der Waals surface area contributed by atoms with E-state index < -0.39 is 0 Å². The lowest BCUT2D eigenvalue weighted by atomic mass is 10.3. The van der Waals surface area contributed by atoms with Gasteiger partial charge in [0.25, 0.3) is 0 Å². The molecule has 3 rings (SSSR count). The van der Waals surface area contributed by atoms with Crippen molar-refractivity contribution in [2.24, 2.45) is 5.73 Å². The lowest BCUT2D eigenvalue weighted by Crippen LogP contribution is -2.26. The number of hydrogen-bond donors (Lipinski definition) is 1. The van der Waals surface area contributed by atoms with Gasteiger partial charge in [-0.05, 0) is 24.3 Å². The zero-order valence-corrected chi connectivity index (χ0v) is 10.9. The normalized spacial score (nSPS) is 14.7. The summed E-state index contributed by atoms with van der Waals surface area (Å²) in [5, 5.41) is 2.11. The number of nitrogens with zero attached hydrogens (tertiary/aromatic N) is 3. The van der Waals surface area contributed by atoms with Crippen molar-refractivity contribution in [2.45, 2.75) is 32.0 Å². The summed E-state index contributed by atoms with van der Waals surface area (Å²) in [7, 11) is 0. The molecule has 1 fully saturated rings. The Morgan fingerprint density at radius 3 is 2.67 bits per heavy atom. The first-order valence-electron chi connectivity index (χ1n) is 6.17. The highest BCUT2D eigenvalue weighted by molar-refractivity contribution is 7.09. The van der Waals surface area contributed by atoms with Gasteiger partial charge in [-0.15, -0.1) is 11.3 Å². The van der Waals surface area contributed by atoms with E-state index in [2.05, 4.69) is 32.4 Å². The second-order valence-electron chi connectivity index (χ2n) is 4.53. The minimum absolute atomic E-state index is 0.495. The lowest BCUT2D eigenvalue weighted by molar-refractivity contribution is 0.762. The van der Waals surface area contributed by atoms with Crippen LogP contribution in [0, 0.1) is 0 Å². The van der Waals surface area contributed by atoms with Crippen molar-refractivity contribution < 1.29 is 0 Å². The van der Waals surface area contributed by atoms with Crippen LogP contribution in [0.1, 0.15) is 23.3 Å². The fraction of sp³-hybridized carbons (Fsp3) is 0.385. The number of nitrogens with two attached hydrogens (primary N) is 1. The summed E-state index contributed by atoms with van der Waals surface area (Å²) in [6.45, 7) is 1.40. The second-order valence-corrected chi connectivity index (χ2v) is 5.57. The molecule has 1 aliphatic carbocycles. The predicted octanol–water partition coefficient (Wildman–Crippen LogP) is 2.17. The van der Waals surface area contributed by atoms with Crippen molar-refractivity contribution in [3.05, 3.63) is 40.3 Å². The number of thiophene rings is 1. The van der Waals surface area contributed by atoms with Crippen LogP contribution in [0.4, 0.5) is 5.95 Å². The van der Waals surface area contributed by atoms with Crippen molar-refractivity contribution in [1.82, 2.24) is 9.97 Å². The van der Waals surface area contributed by atoms with Gasteiger partial charge >= 0.3 is 0 Å². The van der Waals surface area contributed by atoms with Crippen LogP contribution in [-0.2, 0) is 13.1 Å². The molecule has 0 amide bonds. The van der Waals surface area contributed by atoms with Crippen LogP contribution in [0.25, 0.3) is 0 Å². The molecule has 5 heteroatoms. The van der Waals surface area contributed by atoms with Crippen LogP contribution in [0.3, 0.4) is 0 Å². The third kappa shape index (κ3) is 2.52. The average Bonchev–Trinajstić information content (AvgIpc) is 3.13. The monoisotopic (exact) mass is 260 g/mol. The van der Waals surface area contributed by atoms with Gasteiger partial charge in [0.2, 0.25) is 5.95 Å². The third-order valence-electron chi connectivity index (χ3n) is 3.08. The first-order valence-corrected chi connectivity index (χ1v) is 7.05. The highest BCUT2D eigenvalue weighted by Crippen LogP contribution is 2.31. The van der Waals surface area contributed by atoms with Crippen LogP contribution in [-0.4, -0.2) is 16.0 Å². The Morgan fingerprint density at radius 2 is 2.11 bits per heavy atom. The molecule has 4 nitrogen and oxygen atoms in total. The highest BCUT2D eigenvalue weighted by atomic mass is 32.1. The Labute approximate surface area is 110 Å². The van der Waals surface area contributed by atoms with Crippen molar-refractivity contribution in [3.63, 3.8) is 0 Å². The molecule has 2 aromatic heterocycles. The molecule has 0 unspecified atom stereocenters. The molecule has 0 aromatic carbocycles. The van der Waals surface area contributed by atoms with Gasteiger partial charge in [-0.3, -0.25) is 0 Å². The Morgan fingerprint density at radius 1 is 1.33 bits per heavy atom. The van der Waals surface area contributed by atoms with E-state index >= 15 is 0 Å². The van der Waals surface area contributed by atoms with E-state index in [1.807, 2.05) is 12.4 Å². The van der Waals surface area contributed by atoms with Gasteiger partial charge in [-0.1, -0.05) is 6.07 Å². The average molecular weight is 260 g/mol. The Balaban J connectivity index is 1.80. The molecule has 0 atom stereocenters. The van der Waals surface area contributed by atoms with E-state index in [0.717, 1.165) is 18.1 Å². The molecule has 2 N–H and O–H groups in total. The Hall–Kier alpha value is -1.46. The van der Waals surface area contributed by atoms with Gasteiger partial charge in [0.15, 0.2) is 0 Å². The van der Waals surface area contributed by atoms with Crippen LogP contribution in [0.5, 0.6) is 0 Å². The lowest BCUT2D eigenvalue weighted by Gasteiger charge is -2.21. The summed E-state index contributed by atoms with van der Waals surface area (Å²) in [5.41, 5.74) is 6.54. The van der Waals surface area contributed by atoms with E-state index in [9.17, 15) is 0 Å². The molecule has 2 heterocycles. The summed E-state index contributed by atoms with van der Waals surface area (Å²) in [5.74, 6) is 0.822. The molecule has 0 aliphatic heterocycles. The van der Waals surface area contributed by atoms with Crippen LogP contribution in [0.15, 0.2) is 29.9 Å². The first-order chi connectivity index (χ1) is 8.86. The minimum Gasteiger partial charge on any atom is -0.333 e. The fourth-order valence-corrected chi connectivity index (χ4v) is 2.62. The molecule has 94 valence electrons. The molecular formula is C13H16N4S. The zero-order valence-electron chi connectivity index (χ0n) is 10.1. The summed E-state index contributed by atoms with van der Waals surface area (Å²) in [6, 6.07) is 4.86. The molecule has 0 spiro atoms. The van der Waals surface area contributed by atoms with Gasteiger partial charge in [-0.25, -0.2) is 9.97 Å². The van der Waals surface area contributed by atoms with E-state index in [1.54, 1.807) is 11.3 Å². The van der Waals surface area contributed by atoms with E-state index in [0.29, 0.717) is 12.6 Å². The second kappa shape index (κ2) is 5.04. The fourth-order valence-electron chi connectivity index (χ4n) is 1.92. The first kappa shape index (κ1) is 11.6.